The van der Waals surface area contributed by atoms with Crippen molar-refractivity contribution in [2.24, 2.45) is 5.92 Å². The van der Waals surface area contributed by atoms with Crippen molar-refractivity contribution >= 4 is 33.8 Å². The van der Waals surface area contributed by atoms with Crippen molar-refractivity contribution in [3.8, 4) is 0 Å². The number of carbonyl (C=O) groups is 1. The second-order valence-corrected chi connectivity index (χ2v) is 12.3. The van der Waals surface area contributed by atoms with Gasteiger partial charge in [0.05, 0.1) is 32.7 Å². The van der Waals surface area contributed by atoms with E-state index in [0.29, 0.717) is 27.8 Å². The monoisotopic (exact) mass is 547 g/mol. The van der Waals surface area contributed by atoms with Crippen LogP contribution in [0, 0.1) is 5.92 Å². The molecule has 1 saturated heterocycles. The first-order chi connectivity index (χ1) is 18.7. The minimum atomic E-state index is -1.39. The standard InChI is InChI=1S/C31H41N5O2S/c1-23(2)12-13-24-19-27(36-17-15-35(5)16-18-36)20-29(30(24)33-31(37)25-10-8-14-32-21-25)39(38)22-26-9-6-7-11-28(26)34(3)4/h6-11,14,19-21,23H,12-13,15-18,22H2,1-5H3,(H,33,37). The third-order valence-corrected chi connectivity index (χ3v) is 8.58. The molecule has 1 aromatic heterocycles. The predicted molar refractivity (Wildman–Crippen MR) is 162 cm³/mol. The first-order valence-electron chi connectivity index (χ1n) is 13.7. The van der Waals surface area contributed by atoms with Gasteiger partial charge in [-0.2, -0.15) is 0 Å². The van der Waals surface area contributed by atoms with Crippen LogP contribution in [0.15, 0.2) is 65.8 Å². The fourth-order valence-electron chi connectivity index (χ4n) is 4.84. The average molecular weight is 548 g/mol. The Morgan fingerprint density at radius 2 is 1.79 bits per heavy atom. The summed E-state index contributed by atoms with van der Waals surface area (Å²) in [5.74, 6) is 0.619. The van der Waals surface area contributed by atoms with Crippen molar-refractivity contribution in [3.63, 3.8) is 0 Å². The van der Waals surface area contributed by atoms with Crippen LogP contribution in [0.2, 0.25) is 0 Å². The summed E-state index contributed by atoms with van der Waals surface area (Å²) in [6.07, 6.45) is 4.97. The average Bonchev–Trinajstić information content (AvgIpc) is 2.93. The van der Waals surface area contributed by atoms with E-state index in [1.807, 2.05) is 49.3 Å². The van der Waals surface area contributed by atoms with Crippen molar-refractivity contribution in [2.45, 2.75) is 37.3 Å². The maximum absolute atomic E-state index is 14.2. The zero-order chi connectivity index (χ0) is 27.9. The van der Waals surface area contributed by atoms with Gasteiger partial charge in [0.25, 0.3) is 5.91 Å². The van der Waals surface area contributed by atoms with Gasteiger partial charge in [0.15, 0.2) is 0 Å². The molecule has 1 aliphatic rings. The van der Waals surface area contributed by atoms with Crippen LogP contribution in [0.25, 0.3) is 0 Å². The molecule has 1 unspecified atom stereocenters. The quantitative estimate of drug-likeness (QED) is 0.383. The summed E-state index contributed by atoms with van der Waals surface area (Å²) in [6.45, 7) is 8.20. The van der Waals surface area contributed by atoms with Gasteiger partial charge in [-0.3, -0.25) is 14.0 Å². The number of hydrogen-bond donors (Lipinski definition) is 1. The van der Waals surface area contributed by atoms with Crippen LogP contribution < -0.4 is 15.1 Å². The fraction of sp³-hybridized carbons (Fsp3) is 0.419. The van der Waals surface area contributed by atoms with Gasteiger partial charge in [-0.1, -0.05) is 32.0 Å². The van der Waals surface area contributed by atoms with Gasteiger partial charge >= 0.3 is 0 Å². The van der Waals surface area contributed by atoms with Crippen molar-refractivity contribution < 1.29 is 9.00 Å². The molecular formula is C31H41N5O2S. The maximum atomic E-state index is 14.2. The zero-order valence-electron chi connectivity index (χ0n) is 23.8. The molecule has 2 heterocycles. The minimum absolute atomic E-state index is 0.242. The summed E-state index contributed by atoms with van der Waals surface area (Å²) in [7, 11) is 4.76. The highest BCUT2D eigenvalue weighted by atomic mass is 32.2. The Hall–Kier alpha value is -3.23. The molecule has 1 atom stereocenters. The number of aromatic nitrogens is 1. The van der Waals surface area contributed by atoms with E-state index in [2.05, 4.69) is 47.1 Å². The van der Waals surface area contributed by atoms with E-state index in [0.717, 1.165) is 61.5 Å². The van der Waals surface area contributed by atoms with E-state index in [4.69, 9.17) is 0 Å². The molecule has 0 bridgehead atoms. The van der Waals surface area contributed by atoms with E-state index in [9.17, 15) is 9.00 Å². The first-order valence-corrected chi connectivity index (χ1v) is 15.0. The summed E-state index contributed by atoms with van der Waals surface area (Å²) in [5, 5.41) is 3.15. The molecule has 7 nitrogen and oxygen atoms in total. The van der Waals surface area contributed by atoms with Crippen molar-refractivity contribution in [3.05, 3.63) is 77.6 Å². The van der Waals surface area contributed by atoms with Gasteiger partial charge in [0, 0.05) is 64.0 Å². The number of amides is 1. The van der Waals surface area contributed by atoms with Gasteiger partial charge in [-0.05, 0) is 67.3 Å². The number of likely N-dealkylation sites (N-methyl/N-ethyl adjacent to an activating group) is 1. The van der Waals surface area contributed by atoms with E-state index < -0.39 is 10.8 Å². The van der Waals surface area contributed by atoms with Crippen molar-refractivity contribution in [2.75, 3.05) is 62.4 Å². The molecule has 1 amide bonds. The maximum Gasteiger partial charge on any atom is 0.257 e. The Bertz CT molecular complexity index is 1290. The second kappa shape index (κ2) is 13.2. The summed E-state index contributed by atoms with van der Waals surface area (Å²) in [5.41, 5.74) is 5.31. The highest BCUT2D eigenvalue weighted by Crippen LogP contribution is 2.35. The van der Waals surface area contributed by atoms with Crippen LogP contribution in [0.5, 0.6) is 0 Å². The third-order valence-electron chi connectivity index (χ3n) is 7.20. The molecule has 4 rings (SSSR count). The number of piperazine rings is 1. The molecule has 0 radical (unpaired) electrons. The Morgan fingerprint density at radius 3 is 2.46 bits per heavy atom. The lowest BCUT2D eigenvalue weighted by atomic mass is 10.00. The Morgan fingerprint density at radius 1 is 1.05 bits per heavy atom. The molecule has 208 valence electrons. The van der Waals surface area contributed by atoms with E-state index in [1.165, 1.54) is 0 Å². The van der Waals surface area contributed by atoms with E-state index in [1.54, 1.807) is 24.5 Å². The molecule has 2 aromatic carbocycles. The number of para-hydroxylation sites is 1. The van der Waals surface area contributed by atoms with Gasteiger partial charge in [0.2, 0.25) is 0 Å². The molecule has 0 spiro atoms. The number of nitrogens with zero attached hydrogens (tertiary/aromatic N) is 4. The highest BCUT2D eigenvalue weighted by molar-refractivity contribution is 7.84. The zero-order valence-corrected chi connectivity index (χ0v) is 24.6. The van der Waals surface area contributed by atoms with Gasteiger partial charge in [-0.15, -0.1) is 0 Å². The third kappa shape index (κ3) is 7.46. The summed E-state index contributed by atoms with van der Waals surface area (Å²) < 4.78 is 14.2. The Balaban J connectivity index is 1.79. The normalized spacial score (nSPS) is 14.9. The molecule has 39 heavy (non-hydrogen) atoms. The number of carbonyl (C=O) groups excluding carboxylic acids is 1. The summed E-state index contributed by atoms with van der Waals surface area (Å²) >= 11 is 0. The summed E-state index contributed by atoms with van der Waals surface area (Å²) in [4.78, 5) is 24.9. The molecular weight excluding hydrogens is 506 g/mol. The minimum Gasteiger partial charge on any atom is -0.377 e. The highest BCUT2D eigenvalue weighted by Gasteiger charge is 2.23. The molecule has 1 fully saturated rings. The molecule has 0 aliphatic carbocycles. The molecule has 3 aromatic rings. The van der Waals surface area contributed by atoms with Crippen LogP contribution in [-0.2, 0) is 23.0 Å². The topological polar surface area (TPSA) is 68.8 Å². The van der Waals surface area contributed by atoms with Gasteiger partial charge < -0.3 is 20.0 Å². The second-order valence-electron chi connectivity index (χ2n) is 10.9. The molecule has 0 saturated carbocycles. The predicted octanol–water partition coefficient (Wildman–Crippen LogP) is 5.05. The number of pyridine rings is 1. The fourth-order valence-corrected chi connectivity index (χ4v) is 6.18. The lowest BCUT2D eigenvalue weighted by Gasteiger charge is -2.35. The molecule has 1 N–H and O–H groups in total. The number of rotatable bonds is 10. The van der Waals surface area contributed by atoms with Gasteiger partial charge in [0.1, 0.15) is 0 Å². The van der Waals surface area contributed by atoms with Crippen LogP contribution in [0.4, 0.5) is 17.1 Å². The van der Waals surface area contributed by atoms with E-state index >= 15 is 0 Å². The summed E-state index contributed by atoms with van der Waals surface area (Å²) in [6, 6.07) is 15.8. The van der Waals surface area contributed by atoms with Crippen LogP contribution >= 0.6 is 0 Å². The lowest BCUT2D eigenvalue weighted by Crippen LogP contribution is -2.44. The van der Waals surface area contributed by atoms with Crippen LogP contribution in [0.3, 0.4) is 0 Å². The smallest absolute Gasteiger partial charge is 0.257 e. The lowest BCUT2D eigenvalue weighted by molar-refractivity contribution is 0.102. The van der Waals surface area contributed by atoms with Crippen LogP contribution in [-0.4, -0.2) is 67.3 Å². The molecule has 8 heteroatoms. The number of aryl methyl sites for hydroxylation is 1. The molecule has 1 aliphatic heterocycles. The van der Waals surface area contributed by atoms with Crippen molar-refractivity contribution in [1.82, 2.24) is 9.88 Å². The Kier molecular flexibility index (Phi) is 9.75. The van der Waals surface area contributed by atoms with E-state index in [-0.39, 0.29) is 5.91 Å². The first kappa shape index (κ1) is 28.8. The largest absolute Gasteiger partial charge is 0.377 e. The number of nitrogens with one attached hydrogen (secondary N) is 1. The number of anilines is 3. The van der Waals surface area contributed by atoms with Gasteiger partial charge in [-0.25, -0.2) is 0 Å². The number of benzene rings is 2. The van der Waals surface area contributed by atoms with Crippen molar-refractivity contribution in [1.29, 1.82) is 0 Å². The number of hydrogen-bond acceptors (Lipinski definition) is 6. The SMILES string of the molecule is CC(C)CCc1cc(N2CCN(C)CC2)cc(S(=O)Cc2ccccc2N(C)C)c1NC(=O)c1cccnc1. The Labute approximate surface area is 235 Å². The van der Waals surface area contributed by atoms with Crippen LogP contribution in [0.1, 0.15) is 41.8 Å².